The molecule has 2 rings (SSSR count). The Hall–Kier alpha value is 0.180. The number of halogens is 4. The van der Waals surface area contributed by atoms with Gasteiger partial charge in [0.15, 0.2) is 0 Å². The van der Waals surface area contributed by atoms with Gasteiger partial charge in [0.05, 0.1) is 24.2 Å². The van der Waals surface area contributed by atoms with Crippen LogP contribution in [0.1, 0.15) is 10.4 Å². The number of thiophene rings is 1. The quantitative estimate of drug-likeness (QED) is 0.555. The average molecular weight is 477 g/mol. The standard InChI is InChI=1S/C11H5BrCl2INOS/c12-6-2-7(13)10(8(14)3-6)16-11(17)5-1-9(15)18-4-5/h1-4H,(H,16,17). The lowest BCUT2D eigenvalue weighted by Gasteiger charge is -2.09. The molecule has 7 heteroatoms. The number of hydrogen-bond donors (Lipinski definition) is 1. The number of carbonyl (C=O) groups excluding carboxylic acids is 1. The molecule has 0 bridgehead atoms. The van der Waals surface area contributed by atoms with Crippen LogP contribution in [-0.2, 0) is 0 Å². The number of carbonyl (C=O) groups is 1. The Morgan fingerprint density at radius 3 is 2.39 bits per heavy atom. The first-order chi connectivity index (χ1) is 8.47. The lowest BCUT2D eigenvalue weighted by Crippen LogP contribution is -2.11. The summed E-state index contributed by atoms with van der Waals surface area (Å²) >= 11 is 19.0. The summed E-state index contributed by atoms with van der Waals surface area (Å²) in [6.07, 6.45) is 0. The van der Waals surface area contributed by atoms with E-state index in [1.54, 1.807) is 23.6 Å². The molecule has 1 aromatic carbocycles. The number of rotatable bonds is 2. The largest absolute Gasteiger partial charge is 0.319 e. The third-order valence-corrected chi connectivity index (χ3v) is 4.92. The maximum atomic E-state index is 12.0. The van der Waals surface area contributed by atoms with Crippen molar-refractivity contribution in [2.45, 2.75) is 0 Å². The lowest BCUT2D eigenvalue weighted by atomic mass is 10.2. The van der Waals surface area contributed by atoms with E-state index in [-0.39, 0.29) is 5.91 Å². The third-order valence-electron chi connectivity index (χ3n) is 2.08. The Labute approximate surface area is 140 Å². The molecular weight excluding hydrogens is 472 g/mol. The summed E-state index contributed by atoms with van der Waals surface area (Å²) in [5.74, 6) is -0.222. The van der Waals surface area contributed by atoms with Crippen LogP contribution in [0.2, 0.25) is 10.0 Å². The predicted octanol–water partition coefficient (Wildman–Crippen LogP) is 5.67. The van der Waals surface area contributed by atoms with E-state index >= 15 is 0 Å². The molecule has 0 aliphatic heterocycles. The van der Waals surface area contributed by atoms with E-state index in [1.165, 1.54) is 11.3 Å². The number of hydrogen-bond acceptors (Lipinski definition) is 2. The topological polar surface area (TPSA) is 29.1 Å². The van der Waals surface area contributed by atoms with Crippen molar-refractivity contribution in [1.29, 1.82) is 0 Å². The third kappa shape index (κ3) is 3.39. The molecule has 0 saturated carbocycles. The molecule has 2 aromatic rings. The maximum Gasteiger partial charge on any atom is 0.256 e. The molecule has 1 aromatic heterocycles. The van der Waals surface area contributed by atoms with Gasteiger partial charge < -0.3 is 5.32 Å². The first kappa shape index (κ1) is 14.6. The van der Waals surface area contributed by atoms with Crippen molar-refractivity contribution in [3.8, 4) is 0 Å². The lowest BCUT2D eigenvalue weighted by molar-refractivity contribution is 0.102. The van der Waals surface area contributed by atoms with Gasteiger partial charge in [-0.3, -0.25) is 4.79 Å². The first-order valence-electron chi connectivity index (χ1n) is 4.67. The van der Waals surface area contributed by atoms with Crippen LogP contribution in [0, 0.1) is 2.88 Å². The molecule has 0 atom stereocenters. The maximum absolute atomic E-state index is 12.0. The smallest absolute Gasteiger partial charge is 0.256 e. The molecule has 2 nitrogen and oxygen atoms in total. The highest BCUT2D eigenvalue weighted by atomic mass is 127. The second-order valence-corrected chi connectivity index (χ2v) is 7.87. The zero-order chi connectivity index (χ0) is 13.3. The van der Waals surface area contributed by atoms with Gasteiger partial charge >= 0.3 is 0 Å². The minimum absolute atomic E-state index is 0.222. The van der Waals surface area contributed by atoms with Gasteiger partial charge in [-0.25, -0.2) is 0 Å². The van der Waals surface area contributed by atoms with Crippen molar-refractivity contribution in [3.05, 3.63) is 46.5 Å². The Morgan fingerprint density at radius 2 is 1.89 bits per heavy atom. The summed E-state index contributed by atoms with van der Waals surface area (Å²) < 4.78 is 1.81. The fraction of sp³-hybridized carbons (Fsp3) is 0. The van der Waals surface area contributed by atoms with Crippen LogP contribution < -0.4 is 5.32 Å². The van der Waals surface area contributed by atoms with Gasteiger partial charge in [0.25, 0.3) is 5.91 Å². The Morgan fingerprint density at radius 1 is 1.28 bits per heavy atom. The zero-order valence-corrected chi connectivity index (χ0v) is 14.7. The summed E-state index contributed by atoms with van der Waals surface area (Å²) in [6.45, 7) is 0. The highest BCUT2D eigenvalue weighted by molar-refractivity contribution is 14.1. The number of nitrogens with one attached hydrogen (secondary N) is 1. The van der Waals surface area contributed by atoms with Crippen LogP contribution in [0.5, 0.6) is 0 Å². The zero-order valence-electron chi connectivity index (χ0n) is 8.64. The molecule has 0 spiro atoms. The Balaban J connectivity index is 2.27. The van der Waals surface area contributed by atoms with E-state index in [0.717, 1.165) is 7.36 Å². The van der Waals surface area contributed by atoms with E-state index in [2.05, 4.69) is 43.8 Å². The van der Waals surface area contributed by atoms with Crippen LogP contribution in [0.15, 0.2) is 28.1 Å². The normalized spacial score (nSPS) is 10.4. The van der Waals surface area contributed by atoms with Crippen molar-refractivity contribution in [2.24, 2.45) is 0 Å². The van der Waals surface area contributed by atoms with Gasteiger partial charge in [-0.1, -0.05) is 39.1 Å². The molecule has 18 heavy (non-hydrogen) atoms. The van der Waals surface area contributed by atoms with Crippen molar-refractivity contribution < 1.29 is 4.79 Å². The molecule has 0 aliphatic rings. The van der Waals surface area contributed by atoms with E-state index in [1.807, 2.05) is 0 Å². The molecule has 0 aliphatic carbocycles. The van der Waals surface area contributed by atoms with Gasteiger partial charge in [-0.15, -0.1) is 11.3 Å². The van der Waals surface area contributed by atoms with Crippen LogP contribution in [0.4, 0.5) is 5.69 Å². The molecule has 0 saturated heterocycles. The molecule has 0 unspecified atom stereocenters. The molecule has 0 radical (unpaired) electrons. The van der Waals surface area contributed by atoms with Gasteiger partial charge in [0, 0.05) is 9.85 Å². The SMILES string of the molecule is O=C(Nc1c(Cl)cc(Br)cc1Cl)c1csc(I)c1. The van der Waals surface area contributed by atoms with E-state index < -0.39 is 0 Å². The van der Waals surface area contributed by atoms with Crippen molar-refractivity contribution in [3.63, 3.8) is 0 Å². The van der Waals surface area contributed by atoms with Gasteiger partial charge in [-0.2, -0.15) is 0 Å². The summed E-state index contributed by atoms with van der Waals surface area (Å²) in [5, 5.41) is 5.30. The molecular formula is C11H5BrCl2INOS. The summed E-state index contributed by atoms with van der Waals surface area (Å²) in [7, 11) is 0. The highest BCUT2D eigenvalue weighted by Gasteiger charge is 2.13. The molecule has 0 fully saturated rings. The van der Waals surface area contributed by atoms with Gasteiger partial charge in [0.1, 0.15) is 0 Å². The van der Waals surface area contributed by atoms with Crippen molar-refractivity contribution in [2.75, 3.05) is 5.32 Å². The average Bonchev–Trinajstić information content (AvgIpc) is 2.70. The number of anilines is 1. The van der Waals surface area contributed by atoms with Gasteiger partial charge in [-0.05, 0) is 40.8 Å². The van der Waals surface area contributed by atoms with Crippen molar-refractivity contribution >= 4 is 84.7 Å². The predicted molar refractivity (Wildman–Crippen MR) is 89.2 cm³/mol. The van der Waals surface area contributed by atoms with Crippen LogP contribution in [0.25, 0.3) is 0 Å². The van der Waals surface area contributed by atoms with Crippen LogP contribution in [0.3, 0.4) is 0 Å². The molecule has 1 N–H and O–H groups in total. The highest BCUT2D eigenvalue weighted by Crippen LogP contribution is 2.34. The fourth-order valence-electron chi connectivity index (χ4n) is 1.28. The molecule has 94 valence electrons. The fourth-order valence-corrected chi connectivity index (χ4v) is 3.91. The Kier molecular flexibility index (Phi) is 4.93. The number of amides is 1. The second-order valence-electron chi connectivity index (χ2n) is 3.34. The monoisotopic (exact) mass is 475 g/mol. The van der Waals surface area contributed by atoms with Crippen molar-refractivity contribution in [1.82, 2.24) is 0 Å². The van der Waals surface area contributed by atoms with Crippen LogP contribution in [-0.4, -0.2) is 5.91 Å². The summed E-state index contributed by atoms with van der Waals surface area (Å²) in [5.41, 5.74) is 1.02. The van der Waals surface area contributed by atoms with E-state index in [9.17, 15) is 4.79 Å². The number of benzene rings is 1. The van der Waals surface area contributed by atoms with Gasteiger partial charge in [0.2, 0.25) is 0 Å². The molecule has 1 amide bonds. The van der Waals surface area contributed by atoms with E-state index in [0.29, 0.717) is 21.3 Å². The minimum atomic E-state index is -0.222. The van der Waals surface area contributed by atoms with Crippen LogP contribution >= 0.6 is 73.1 Å². The minimum Gasteiger partial charge on any atom is -0.319 e. The van der Waals surface area contributed by atoms with E-state index in [4.69, 9.17) is 23.2 Å². The summed E-state index contributed by atoms with van der Waals surface area (Å²) in [6, 6.07) is 5.17. The first-order valence-corrected chi connectivity index (χ1v) is 8.18. The Bertz CT molecular complexity index is 594. The second kappa shape index (κ2) is 6.09. The molecule has 1 heterocycles. The summed E-state index contributed by atoms with van der Waals surface area (Å²) in [4.78, 5) is 12.0.